The van der Waals surface area contributed by atoms with E-state index in [1.807, 2.05) is 6.92 Å². The number of benzene rings is 2. The Morgan fingerprint density at radius 3 is 2.48 bits per heavy atom. The summed E-state index contributed by atoms with van der Waals surface area (Å²) < 4.78 is 25.1. The highest BCUT2D eigenvalue weighted by molar-refractivity contribution is 9.10. The van der Waals surface area contributed by atoms with Crippen molar-refractivity contribution in [3.05, 3.63) is 63.5 Å². The maximum Gasteiger partial charge on any atom is 0.326 e. The summed E-state index contributed by atoms with van der Waals surface area (Å²) in [5, 5.41) is 4.58. The van der Waals surface area contributed by atoms with Crippen LogP contribution in [0.5, 0.6) is 11.5 Å². The topological polar surface area (TPSA) is 76.7 Å². The summed E-state index contributed by atoms with van der Waals surface area (Å²) >= 11 is 3.45. The Morgan fingerprint density at radius 2 is 1.85 bits per heavy atom. The quantitative estimate of drug-likeness (QED) is 0.536. The molecule has 8 heteroatoms. The van der Waals surface area contributed by atoms with Gasteiger partial charge in [-0.25, -0.2) is 9.18 Å². The first kappa shape index (κ1) is 18.9. The summed E-state index contributed by atoms with van der Waals surface area (Å²) in [6.45, 7) is 2.49. The molecule has 1 fully saturated rings. The minimum Gasteiger partial charge on any atom is -0.490 e. The highest BCUT2D eigenvalue weighted by Gasteiger charge is 2.23. The summed E-state index contributed by atoms with van der Waals surface area (Å²) in [6.07, 6.45) is 1.54. The van der Waals surface area contributed by atoms with E-state index in [0.29, 0.717) is 28.1 Å². The number of imide groups is 1. The summed E-state index contributed by atoms with van der Waals surface area (Å²) in [7, 11) is 0. The predicted molar refractivity (Wildman–Crippen MR) is 101 cm³/mol. The Kier molecular flexibility index (Phi) is 5.75. The van der Waals surface area contributed by atoms with Crippen LogP contribution < -0.4 is 20.1 Å². The van der Waals surface area contributed by atoms with Crippen LogP contribution in [0.25, 0.3) is 6.08 Å². The normalized spacial score (nSPS) is 14.9. The maximum atomic E-state index is 13.0. The molecular weight excluding hydrogens is 419 g/mol. The molecule has 2 N–H and O–H groups in total. The third-order valence-electron chi connectivity index (χ3n) is 3.66. The van der Waals surface area contributed by atoms with Gasteiger partial charge in [0.25, 0.3) is 5.91 Å². The number of hydrogen-bond donors (Lipinski definition) is 2. The largest absolute Gasteiger partial charge is 0.490 e. The van der Waals surface area contributed by atoms with Crippen molar-refractivity contribution in [1.82, 2.24) is 10.6 Å². The molecule has 140 valence electrons. The van der Waals surface area contributed by atoms with Crippen LogP contribution in [0, 0.1) is 5.82 Å². The lowest BCUT2D eigenvalue weighted by atomic mass is 10.1. The Hall–Kier alpha value is -2.87. The van der Waals surface area contributed by atoms with Crippen molar-refractivity contribution in [3.8, 4) is 11.5 Å². The fraction of sp³-hybridized carbons (Fsp3) is 0.158. The number of ether oxygens (including phenoxy) is 2. The van der Waals surface area contributed by atoms with E-state index >= 15 is 0 Å². The van der Waals surface area contributed by atoms with Crippen LogP contribution in [0.15, 0.2) is 46.6 Å². The van der Waals surface area contributed by atoms with Gasteiger partial charge in [-0.15, -0.1) is 0 Å². The number of carbonyl (C=O) groups is 2. The van der Waals surface area contributed by atoms with Gasteiger partial charge in [0.2, 0.25) is 0 Å². The van der Waals surface area contributed by atoms with Crippen LogP contribution in [0.4, 0.5) is 9.18 Å². The van der Waals surface area contributed by atoms with E-state index in [-0.39, 0.29) is 18.1 Å². The fourth-order valence-corrected chi connectivity index (χ4v) is 3.03. The van der Waals surface area contributed by atoms with Crippen LogP contribution in [0.2, 0.25) is 0 Å². The first-order valence-corrected chi connectivity index (χ1v) is 8.93. The van der Waals surface area contributed by atoms with Crippen molar-refractivity contribution in [2.45, 2.75) is 13.5 Å². The SMILES string of the molecule is CCOc1cc(/C=C2/NC(=O)NC2=O)cc(Br)c1OCc1ccc(F)cc1. The van der Waals surface area contributed by atoms with E-state index in [1.165, 1.54) is 18.2 Å². The zero-order valence-electron chi connectivity index (χ0n) is 14.3. The molecule has 0 unspecified atom stereocenters. The molecule has 0 saturated carbocycles. The van der Waals surface area contributed by atoms with Crippen molar-refractivity contribution >= 4 is 33.9 Å². The van der Waals surface area contributed by atoms with Crippen LogP contribution >= 0.6 is 15.9 Å². The molecule has 0 spiro atoms. The molecule has 0 aliphatic carbocycles. The molecule has 6 nitrogen and oxygen atoms in total. The molecule has 2 aromatic carbocycles. The first-order valence-electron chi connectivity index (χ1n) is 8.14. The first-order chi connectivity index (χ1) is 13.0. The molecule has 0 radical (unpaired) electrons. The van der Waals surface area contributed by atoms with E-state index < -0.39 is 11.9 Å². The van der Waals surface area contributed by atoms with E-state index in [4.69, 9.17) is 9.47 Å². The second-order valence-electron chi connectivity index (χ2n) is 5.64. The third kappa shape index (κ3) is 4.65. The summed E-state index contributed by atoms with van der Waals surface area (Å²) in [4.78, 5) is 22.9. The van der Waals surface area contributed by atoms with Gasteiger partial charge in [-0.05, 0) is 64.3 Å². The molecule has 0 bridgehead atoms. The van der Waals surface area contributed by atoms with Crippen molar-refractivity contribution < 1.29 is 23.5 Å². The van der Waals surface area contributed by atoms with E-state index in [2.05, 4.69) is 26.6 Å². The van der Waals surface area contributed by atoms with Crippen molar-refractivity contribution in [2.75, 3.05) is 6.61 Å². The Labute approximate surface area is 163 Å². The Morgan fingerprint density at radius 1 is 1.11 bits per heavy atom. The second kappa shape index (κ2) is 8.22. The Balaban J connectivity index is 1.85. The van der Waals surface area contributed by atoms with Crippen molar-refractivity contribution in [2.24, 2.45) is 0 Å². The zero-order valence-corrected chi connectivity index (χ0v) is 15.9. The molecule has 1 aliphatic heterocycles. The lowest BCUT2D eigenvalue weighted by Crippen LogP contribution is -2.22. The monoisotopic (exact) mass is 434 g/mol. The van der Waals surface area contributed by atoms with Gasteiger partial charge in [0.05, 0.1) is 11.1 Å². The molecule has 2 aromatic rings. The summed E-state index contributed by atoms with van der Waals surface area (Å²) in [5.41, 5.74) is 1.60. The van der Waals surface area contributed by atoms with Crippen LogP contribution in [-0.2, 0) is 11.4 Å². The number of carbonyl (C=O) groups excluding carboxylic acids is 2. The van der Waals surface area contributed by atoms with Gasteiger partial charge in [-0.1, -0.05) is 12.1 Å². The zero-order chi connectivity index (χ0) is 19.4. The van der Waals surface area contributed by atoms with Gasteiger partial charge >= 0.3 is 6.03 Å². The number of amides is 3. The van der Waals surface area contributed by atoms with Crippen molar-refractivity contribution in [1.29, 1.82) is 0 Å². The highest BCUT2D eigenvalue weighted by atomic mass is 79.9. The minimum atomic E-state index is -0.561. The van der Waals surface area contributed by atoms with Gasteiger partial charge in [-0.2, -0.15) is 0 Å². The number of rotatable bonds is 6. The Bertz CT molecular complexity index is 913. The number of urea groups is 1. The fourth-order valence-electron chi connectivity index (χ4n) is 2.46. The maximum absolute atomic E-state index is 13.0. The summed E-state index contributed by atoms with van der Waals surface area (Å²) in [5.74, 6) is 0.162. The molecule has 27 heavy (non-hydrogen) atoms. The standard InChI is InChI=1S/C19H16BrFN2O4/c1-2-26-16-9-12(8-15-18(24)23-19(25)22-15)7-14(20)17(16)27-10-11-3-5-13(21)6-4-11/h3-9H,2,10H2,1H3,(H2,22,23,24,25)/b15-8+. The molecule has 3 rings (SSSR count). The average molecular weight is 435 g/mol. The predicted octanol–water partition coefficient (Wildman–Crippen LogP) is 3.75. The van der Waals surface area contributed by atoms with Crippen molar-refractivity contribution in [3.63, 3.8) is 0 Å². The van der Waals surface area contributed by atoms with Crippen LogP contribution in [-0.4, -0.2) is 18.5 Å². The molecule has 1 heterocycles. The molecule has 3 amide bonds. The lowest BCUT2D eigenvalue weighted by Gasteiger charge is -2.15. The number of halogens is 2. The highest BCUT2D eigenvalue weighted by Crippen LogP contribution is 2.38. The third-order valence-corrected chi connectivity index (χ3v) is 4.25. The van der Waals surface area contributed by atoms with E-state index in [1.54, 1.807) is 24.3 Å². The molecule has 0 aromatic heterocycles. The molecule has 1 aliphatic rings. The summed E-state index contributed by atoms with van der Waals surface area (Å²) in [6, 6.07) is 8.91. The van der Waals surface area contributed by atoms with Crippen LogP contribution in [0.1, 0.15) is 18.1 Å². The van der Waals surface area contributed by atoms with E-state index in [0.717, 1.165) is 5.56 Å². The van der Waals surface area contributed by atoms with Gasteiger partial charge < -0.3 is 14.8 Å². The van der Waals surface area contributed by atoms with Gasteiger partial charge in [0, 0.05) is 0 Å². The average Bonchev–Trinajstić information content (AvgIpc) is 2.93. The lowest BCUT2D eigenvalue weighted by molar-refractivity contribution is -0.115. The van der Waals surface area contributed by atoms with Gasteiger partial charge in [-0.3, -0.25) is 10.1 Å². The van der Waals surface area contributed by atoms with E-state index in [9.17, 15) is 14.0 Å². The molecule has 1 saturated heterocycles. The van der Waals surface area contributed by atoms with Gasteiger partial charge in [0.15, 0.2) is 11.5 Å². The molecule has 0 atom stereocenters. The number of hydrogen-bond acceptors (Lipinski definition) is 4. The number of nitrogens with one attached hydrogen (secondary N) is 2. The minimum absolute atomic E-state index is 0.148. The van der Waals surface area contributed by atoms with Crippen LogP contribution in [0.3, 0.4) is 0 Å². The second-order valence-corrected chi connectivity index (χ2v) is 6.50. The van der Waals surface area contributed by atoms with Gasteiger partial charge in [0.1, 0.15) is 18.1 Å². The smallest absolute Gasteiger partial charge is 0.326 e. The molecular formula is C19H16BrFN2O4.